The molecule has 2 N–H and O–H groups in total. The third-order valence-corrected chi connectivity index (χ3v) is 5.85. The van der Waals surface area contributed by atoms with Gasteiger partial charge in [-0.05, 0) is 55.8 Å². The van der Waals surface area contributed by atoms with Crippen LogP contribution in [0.4, 0.5) is 0 Å². The fourth-order valence-electron chi connectivity index (χ4n) is 2.36. The molecule has 7 heteroatoms. The minimum Gasteiger partial charge on any atom is -0.350 e. The Balaban J connectivity index is 1.88. The number of benzene rings is 2. The highest BCUT2D eigenvalue weighted by Gasteiger charge is 2.12. The topological polar surface area (TPSA) is 75.3 Å². The van der Waals surface area contributed by atoms with Gasteiger partial charge in [-0.25, -0.2) is 13.1 Å². The molecule has 0 bridgehead atoms. The Morgan fingerprint density at radius 1 is 1.08 bits per heavy atom. The third kappa shape index (κ3) is 5.66. The molecule has 1 atom stereocenters. The molecule has 0 spiro atoms. The molecule has 1 unspecified atom stereocenters. The van der Waals surface area contributed by atoms with E-state index < -0.39 is 10.0 Å². The maximum Gasteiger partial charge on any atom is 0.240 e. The molecule has 5 nitrogen and oxygen atoms in total. The molecule has 0 aliphatic heterocycles. The van der Waals surface area contributed by atoms with Crippen LogP contribution in [0, 0.1) is 0 Å². The first-order chi connectivity index (χ1) is 11.8. The number of hydrogen-bond donors (Lipinski definition) is 2. The van der Waals surface area contributed by atoms with Crippen molar-refractivity contribution in [3.05, 3.63) is 64.1 Å². The van der Waals surface area contributed by atoms with E-state index in [4.69, 9.17) is 0 Å². The fourth-order valence-corrected chi connectivity index (χ4v) is 3.35. The molecule has 134 valence electrons. The molecule has 0 aromatic heterocycles. The Morgan fingerprint density at radius 3 is 2.24 bits per heavy atom. The Labute approximate surface area is 157 Å². The second-order valence-electron chi connectivity index (χ2n) is 5.69. The van der Waals surface area contributed by atoms with Crippen molar-refractivity contribution in [1.29, 1.82) is 0 Å². The van der Waals surface area contributed by atoms with Crippen molar-refractivity contribution in [2.24, 2.45) is 0 Å². The zero-order chi connectivity index (χ0) is 18.4. The van der Waals surface area contributed by atoms with E-state index in [1.165, 1.54) is 7.05 Å². The van der Waals surface area contributed by atoms with Gasteiger partial charge in [0.2, 0.25) is 15.9 Å². The van der Waals surface area contributed by atoms with Gasteiger partial charge in [-0.1, -0.05) is 40.2 Å². The second-order valence-corrected chi connectivity index (χ2v) is 8.49. The number of carbonyl (C=O) groups excluding carboxylic acids is 1. The van der Waals surface area contributed by atoms with E-state index in [0.29, 0.717) is 12.8 Å². The number of sulfonamides is 1. The lowest BCUT2D eigenvalue weighted by atomic mass is 10.1. The summed E-state index contributed by atoms with van der Waals surface area (Å²) >= 11 is 3.39. The first-order valence-electron chi connectivity index (χ1n) is 7.89. The highest BCUT2D eigenvalue weighted by Crippen LogP contribution is 2.17. The van der Waals surface area contributed by atoms with Crippen LogP contribution in [0.1, 0.15) is 30.5 Å². The van der Waals surface area contributed by atoms with E-state index in [2.05, 4.69) is 26.0 Å². The number of amides is 1. The van der Waals surface area contributed by atoms with Crippen molar-refractivity contribution in [3.63, 3.8) is 0 Å². The van der Waals surface area contributed by atoms with E-state index in [9.17, 15) is 13.2 Å². The van der Waals surface area contributed by atoms with Crippen LogP contribution in [-0.4, -0.2) is 21.4 Å². The fraction of sp³-hybridized carbons (Fsp3) is 0.278. The maximum absolute atomic E-state index is 12.1. The lowest BCUT2D eigenvalue weighted by Gasteiger charge is -2.14. The number of rotatable bonds is 7. The van der Waals surface area contributed by atoms with Gasteiger partial charge in [0.05, 0.1) is 10.9 Å². The summed E-state index contributed by atoms with van der Waals surface area (Å²) < 4.78 is 26.6. The van der Waals surface area contributed by atoms with Crippen molar-refractivity contribution in [3.8, 4) is 0 Å². The van der Waals surface area contributed by atoms with Crippen LogP contribution in [0.2, 0.25) is 0 Å². The molecular formula is C18H21BrN2O3S. The zero-order valence-corrected chi connectivity index (χ0v) is 16.5. The lowest BCUT2D eigenvalue weighted by molar-refractivity contribution is -0.121. The summed E-state index contributed by atoms with van der Waals surface area (Å²) in [7, 11) is -2.05. The van der Waals surface area contributed by atoms with Crippen LogP contribution in [-0.2, 0) is 21.2 Å². The van der Waals surface area contributed by atoms with Crippen molar-refractivity contribution >= 4 is 31.9 Å². The van der Waals surface area contributed by atoms with E-state index >= 15 is 0 Å². The van der Waals surface area contributed by atoms with Crippen LogP contribution in [0.25, 0.3) is 0 Å². The van der Waals surface area contributed by atoms with Gasteiger partial charge in [0.1, 0.15) is 0 Å². The summed E-state index contributed by atoms with van der Waals surface area (Å²) in [5.41, 5.74) is 1.96. The van der Waals surface area contributed by atoms with Crippen molar-refractivity contribution < 1.29 is 13.2 Å². The molecular weight excluding hydrogens is 404 g/mol. The van der Waals surface area contributed by atoms with Gasteiger partial charge in [0.15, 0.2) is 0 Å². The summed E-state index contributed by atoms with van der Waals surface area (Å²) in [5.74, 6) is -0.0395. The van der Waals surface area contributed by atoms with Crippen molar-refractivity contribution in [1.82, 2.24) is 10.0 Å². The van der Waals surface area contributed by atoms with Gasteiger partial charge >= 0.3 is 0 Å². The monoisotopic (exact) mass is 424 g/mol. The quantitative estimate of drug-likeness (QED) is 0.716. The zero-order valence-electron chi connectivity index (χ0n) is 14.1. The molecule has 1 amide bonds. The van der Waals surface area contributed by atoms with Crippen LogP contribution in [0.3, 0.4) is 0 Å². The number of aryl methyl sites for hydroxylation is 1. The smallest absolute Gasteiger partial charge is 0.240 e. The number of hydrogen-bond acceptors (Lipinski definition) is 3. The van der Waals surface area contributed by atoms with Gasteiger partial charge in [-0.15, -0.1) is 0 Å². The number of nitrogens with one attached hydrogen (secondary N) is 2. The van der Waals surface area contributed by atoms with Crippen LogP contribution < -0.4 is 10.0 Å². The number of halogens is 1. The van der Waals surface area contributed by atoms with Gasteiger partial charge < -0.3 is 5.32 Å². The van der Waals surface area contributed by atoms with Crippen LogP contribution in [0.5, 0.6) is 0 Å². The summed E-state index contributed by atoms with van der Waals surface area (Å²) in [6.45, 7) is 1.94. The third-order valence-electron chi connectivity index (χ3n) is 3.89. The largest absolute Gasteiger partial charge is 0.350 e. The number of carbonyl (C=O) groups is 1. The van der Waals surface area contributed by atoms with Gasteiger partial charge in [-0.2, -0.15) is 0 Å². The summed E-state index contributed by atoms with van der Waals surface area (Å²) in [4.78, 5) is 12.3. The van der Waals surface area contributed by atoms with E-state index in [0.717, 1.165) is 15.6 Å². The van der Waals surface area contributed by atoms with Crippen LogP contribution >= 0.6 is 15.9 Å². The molecule has 2 aromatic rings. The molecule has 0 saturated carbocycles. The SMILES string of the molecule is CNS(=O)(=O)c1ccc(CCC(=O)NC(C)c2ccc(Br)cc2)cc1. The Kier molecular flexibility index (Phi) is 6.75. The molecule has 2 rings (SSSR count). The van der Waals surface area contributed by atoms with Crippen LogP contribution in [0.15, 0.2) is 57.9 Å². The molecule has 25 heavy (non-hydrogen) atoms. The highest BCUT2D eigenvalue weighted by atomic mass is 79.9. The standard InChI is InChI=1S/C18H21BrN2O3S/c1-13(15-6-8-16(19)9-7-15)21-18(22)12-5-14-3-10-17(11-4-14)25(23,24)20-2/h3-4,6-11,13,20H,5,12H2,1-2H3,(H,21,22). The molecule has 0 radical (unpaired) electrons. The maximum atomic E-state index is 12.1. The van der Waals surface area contributed by atoms with E-state index in [1.54, 1.807) is 24.3 Å². The predicted octanol–water partition coefficient (Wildman–Crippen LogP) is 3.17. The second kappa shape index (κ2) is 8.60. The molecule has 0 aliphatic carbocycles. The predicted molar refractivity (Wildman–Crippen MR) is 102 cm³/mol. The first kappa shape index (κ1) is 19.6. The first-order valence-corrected chi connectivity index (χ1v) is 10.2. The summed E-state index contributed by atoms with van der Waals surface area (Å²) in [6, 6.07) is 14.3. The summed E-state index contributed by atoms with van der Waals surface area (Å²) in [5, 5.41) is 2.97. The van der Waals surface area contributed by atoms with Crippen molar-refractivity contribution in [2.45, 2.75) is 30.7 Å². The average molecular weight is 425 g/mol. The molecule has 0 saturated heterocycles. The Hall–Kier alpha value is -1.70. The Bertz CT molecular complexity index is 818. The average Bonchev–Trinajstić information content (AvgIpc) is 2.61. The normalized spacial score (nSPS) is 12.6. The lowest BCUT2D eigenvalue weighted by Crippen LogP contribution is -2.26. The molecule has 0 heterocycles. The van der Waals surface area contributed by atoms with Crippen molar-refractivity contribution in [2.75, 3.05) is 7.05 Å². The molecule has 0 aliphatic rings. The van der Waals surface area contributed by atoms with E-state index in [1.807, 2.05) is 31.2 Å². The Morgan fingerprint density at radius 2 is 1.68 bits per heavy atom. The summed E-state index contributed by atoms with van der Waals surface area (Å²) in [6.07, 6.45) is 0.901. The van der Waals surface area contributed by atoms with Gasteiger partial charge in [0.25, 0.3) is 0 Å². The minimum absolute atomic E-state index is 0.0395. The van der Waals surface area contributed by atoms with Gasteiger partial charge in [-0.3, -0.25) is 4.79 Å². The van der Waals surface area contributed by atoms with Gasteiger partial charge in [0, 0.05) is 10.9 Å². The minimum atomic E-state index is -3.43. The molecule has 0 fully saturated rings. The van der Waals surface area contributed by atoms with E-state index in [-0.39, 0.29) is 16.8 Å². The molecule has 2 aromatic carbocycles. The highest BCUT2D eigenvalue weighted by molar-refractivity contribution is 9.10.